The number of rotatable bonds is 10. The van der Waals surface area contributed by atoms with Gasteiger partial charge in [0.2, 0.25) is 5.13 Å². The minimum absolute atomic E-state index is 0.00697. The number of Topliss-reactive ketones (excluding diaryl/α,β-unsaturated/α-hetero) is 1. The van der Waals surface area contributed by atoms with E-state index in [0.29, 0.717) is 38.6 Å². The molecule has 0 bridgehead atoms. The number of ether oxygens (including phenoxy) is 1. The summed E-state index contributed by atoms with van der Waals surface area (Å²) >= 11 is 8.68. The Morgan fingerprint density at radius 3 is 2.58 bits per heavy atom. The predicted octanol–water partition coefficient (Wildman–Crippen LogP) is 7.29. The molecule has 7 nitrogen and oxygen atoms in total. The average molecular weight is 592 g/mol. The van der Waals surface area contributed by atoms with Crippen molar-refractivity contribution < 1.29 is 19.4 Å². The van der Waals surface area contributed by atoms with Crippen LogP contribution >= 0.6 is 34.7 Å². The molecule has 1 unspecified atom stereocenters. The molecular formula is C30H26ClN3O4S2. The van der Waals surface area contributed by atoms with E-state index in [1.807, 2.05) is 48.5 Å². The monoisotopic (exact) mass is 591 g/mol. The first-order chi connectivity index (χ1) is 19.5. The van der Waals surface area contributed by atoms with Crippen molar-refractivity contribution in [2.75, 3.05) is 11.5 Å². The zero-order valence-corrected chi connectivity index (χ0v) is 24.0. The van der Waals surface area contributed by atoms with Gasteiger partial charge in [0.15, 0.2) is 4.34 Å². The molecule has 0 saturated carbocycles. The Morgan fingerprint density at radius 2 is 1.82 bits per heavy atom. The first kappa shape index (κ1) is 27.9. The molecule has 1 atom stereocenters. The number of halogens is 1. The number of thioether (sulfide) groups is 1. The second-order valence-corrected chi connectivity index (χ2v) is 11.7. The van der Waals surface area contributed by atoms with E-state index in [9.17, 15) is 14.7 Å². The van der Waals surface area contributed by atoms with E-state index in [0.717, 1.165) is 18.4 Å². The van der Waals surface area contributed by atoms with Crippen LogP contribution < -0.4 is 9.64 Å². The van der Waals surface area contributed by atoms with Gasteiger partial charge < -0.3 is 9.84 Å². The molecule has 1 N–H and O–H groups in total. The Morgan fingerprint density at radius 1 is 1.05 bits per heavy atom. The number of amides is 1. The predicted molar refractivity (Wildman–Crippen MR) is 159 cm³/mol. The van der Waals surface area contributed by atoms with Crippen molar-refractivity contribution in [2.24, 2.45) is 0 Å². The van der Waals surface area contributed by atoms with Crippen molar-refractivity contribution >= 4 is 57.3 Å². The van der Waals surface area contributed by atoms with Gasteiger partial charge in [0, 0.05) is 16.3 Å². The highest BCUT2D eigenvalue weighted by atomic mass is 35.5. The number of hydrogen-bond acceptors (Lipinski definition) is 8. The Labute approximate surface area is 245 Å². The topological polar surface area (TPSA) is 92.6 Å². The van der Waals surface area contributed by atoms with Gasteiger partial charge in [-0.25, -0.2) is 0 Å². The van der Waals surface area contributed by atoms with Crippen LogP contribution in [0.3, 0.4) is 0 Å². The molecule has 1 amide bonds. The van der Waals surface area contributed by atoms with Gasteiger partial charge in [-0.05, 0) is 41.8 Å². The third-order valence-electron chi connectivity index (χ3n) is 6.31. The van der Waals surface area contributed by atoms with Crippen molar-refractivity contribution in [1.29, 1.82) is 0 Å². The standard InChI is InChI=1S/C30H26ClN3O4S2/c1-2-3-16-38-23-11-7-10-21(17-23)25-24(26(35)20-8-5-4-6-9-20)27(36)28(37)34(25)29-32-33-30(40-29)39-18-19-12-14-22(31)15-13-19/h4-15,17,25,35H,2-3,16,18H2,1H3/b26-24+. The fraction of sp³-hybridized carbons (Fsp3) is 0.200. The number of aliphatic hydroxyl groups excluding tert-OH is 1. The molecule has 0 aliphatic carbocycles. The third kappa shape index (κ3) is 6.06. The fourth-order valence-corrected chi connectivity index (χ4v) is 6.24. The lowest BCUT2D eigenvalue weighted by Gasteiger charge is -2.23. The van der Waals surface area contributed by atoms with Gasteiger partial charge in [-0.3, -0.25) is 14.5 Å². The highest BCUT2D eigenvalue weighted by Crippen LogP contribution is 2.44. The van der Waals surface area contributed by atoms with Crippen LogP contribution in [0.25, 0.3) is 5.76 Å². The lowest BCUT2D eigenvalue weighted by Crippen LogP contribution is -2.29. The number of carbonyl (C=O) groups excluding carboxylic acids is 2. The van der Waals surface area contributed by atoms with Gasteiger partial charge >= 0.3 is 5.91 Å². The number of aliphatic hydroxyl groups is 1. The molecule has 2 heterocycles. The number of aromatic nitrogens is 2. The Hall–Kier alpha value is -3.66. The smallest absolute Gasteiger partial charge is 0.301 e. The minimum atomic E-state index is -0.906. The maximum absolute atomic E-state index is 13.5. The average Bonchev–Trinajstić information content (AvgIpc) is 3.55. The van der Waals surface area contributed by atoms with Crippen LogP contribution in [-0.4, -0.2) is 33.6 Å². The number of benzene rings is 3. The van der Waals surface area contributed by atoms with Crippen molar-refractivity contribution in [1.82, 2.24) is 10.2 Å². The van der Waals surface area contributed by atoms with Crippen LogP contribution in [-0.2, 0) is 15.3 Å². The third-order valence-corrected chi connectivity index (χ3v) is 8.69. The number of hydrogen-bond donors (Lipinski definition) is 1. The van der Waals surface area contributed by atoms with Crippen LogP contribution in [0.2, 0.25) is 5.02 Å². The summed E-state index contributed by atoms with van der Waals surface area (Å²) in [5.41, 5.74) is 2.12. The molecule has 1 aromatic heterocycles. The molecule has 0 radical (unpaired) electrons. The Balaban J connectivity index is 1.52. The summed E-state index contributed by atoms with van der Waals surface area (Å²) < 4.78 is 6.55. The van der Waals surface area contributed by atoms with E-state index >= 15 is 0 Å². The van der Waals surface area contributed by atoms with E-state index in [2.05, 4.69) is 17.1 Å². The van der Waals surface area contributed by atoms with E-state index in [1.165, 1.54) is 28.0 Å². The summed E-state index contributed by atoms with van der Waals surface area (Å²) in [6.45, 7) is 2.63. The summed E-state index contributed by atoms with van der Waals surface area (Å²) in [7, 11) is 0. The normalized spacial score (nSPS) is 16.4. The first-order valence-electron chi connectivity index (χ1n) is 12.8. The minimum Gasteiger partial charge on any atom is -0.507 e. The number of unbranched alkanes of at least 4 members (excludes halogenated alkanes) is 1. The van der Waals surface area contributed by atoms with Gasteiger partial charge in [0.25, 0.3) is 5.78 Å². The summed E-state index contributed by atoms with van der Waals surface area (Å²) in [4.78, 5) is 28.2. The second kappa shape index (κ2) is 12.7. The fourth-order valence-electron chi connectivity index (χ4n) is 4.29. The lowest BCUT2D eigenvalue weighted by molar-refractivity contribution is -0.132. The van der Waals surface area contributed by atoms with E-state index in [-0.39, 0.29) is 16.5 Å². The van der Waals surface area contributed by atoms with Gasteiger partial charge in [-0.1, -0.05) is 103 Å². The van der Waals surface area contributed by atoms with E-state index in [1.54, 1.807) is 30.3 Å². The van der Waals surface area contributed by atoms with E-state index < -0.39 is 17.7 Å². The van der Waals surface area contributed by atoms with Crippen LogP contribution in [0.5, 0.6) is 5.75 Å². The highest BCUT2D eigenvalue weighted by molar-refractivity contribution is 8.00. The maximum Gasteiger partial charge on any atom is 0.301 e. The number of anilines is 1. The molecule has 1 aliphatic heterocycles. The van der Waals surface area contributed by atoms with Gasteiger partial charge in [-0.2, -0.15) is 0 Å². The molecule has 204 valence electrons. The number of ketones is 1. The van der Waals surface area contributed by atoms with Gasteiger partial charge in [0.1, 0.15) is 11.5 Å². The zero-order chi connectivity index (χ0) is 28.1. The summed E-state index contributed by atoms with van der Waals surface area (Å²) in [5.74, 6) is -0.545. The quantitative estimate of drug-likeness (QED) is 0.0517. The van der Waals surface area contributed by atoms with E-state index in [4.69, 9.17) is 16.3 Å². The maximum atomic E-state index is 13.5. The van der Waals surface area contributed by atoms with Crippen molar-refractivity contribution in [3.63, 3.8) is 0 Å². The first-order valence-corrected chi connectivity index (χ1v) is 14.9. The zero-order valence-electron chi connectivity index (χ0n) is 21.6. The molecule has 1 saturated heterocycles. The molecule has 0 spiro atoms. The van der Waals surface area contributed by atoms with Crippen molar-refractivity contribution in [3.8, 4) is 5.75 Å². The summed E-state index contributed by atoms with van der Waals surface area (Å²) in [5, 5.41) is 20.8. The number of nitrogens with zero attached hydrogens (tertiary/aromatic N) is 3. The molecule has 4 aromatic rings. The summed E-state index contributed by atoms with van der Waals surface area (Å²) in [6, 6.07) is 22.6. The second-order valence-electron chi connectivity index (χ2n) is 9.08. The lowest BCUT2D eigenvalue weighted by atomic mass is 9.95. The van der Waals surface area contributed by atoms with Gasteiger partial charge in [0.05, 0.1) is 18.2 Å². The summed E-state index contributed by atoms with van der Waals surface area (Å²) in [6.07, 6.45) is 1.89. The van der Waals surface area contributed by atoms with Crippen LogP contribution in [0.1, 0.15) is 42.5 Å². The van der Waals surface area contributed by atoms with Crippen molar-refractivity contribution in [3.05, 3.63) is 106 Å². The molecule has 40 heavy (non-hydrogen) atoms. The molecule has 3 aromatic carbocycles. The van der Waals surface area contributed by atoms with Crippen LogP contribution in [0.15, 0.2) is 88.8 Å². The highest BCUT2D eigenvalue weighted by Gasteiger charge is 2.48. The largest absolute Gasteiger partial charge is 0.507 e. The molecule has 1 aliphatic rings. The van der Waals surface area contributed by atoms with Gasteiger partial charge in [-0.15, -0.1) is 10.2 Å². The SMILES string of the molecule is CCCCOc1cccc(C2/C(=C(\O)c3ccccc3)C(=O)C(=O)N2c2nnc(SCc3ccc(Cl)cc3)s2)c1. The van der Waals surface area contributed by atoms with Crippen molar-refractivity contribution in [2.45, 2.75) is 35.9 Å². The molecule has 5 rings (SSSR count). The molecule has 10 heteroatoms. The molecular weight excluding hydrogens is 566 g/mol. The Kier molecular flexibility index (Phi) is 8.84. The van der Waals surface area contributed by atoms with Crippen LogP contribution in [0.4, 0.5) is 5.13 Å². The van der Waals surface area contributed by atoms with Crippen LogP contribution in [0, 0.1) is 0 Å². The Bertz CT molecular complexity index is 1540. The number of carbonyl (C=O) groups is 2. The molecule has 1 fully saturated rings.